The maximum absolute atomic E-state index is 11.4. The number of primary sulfonamides is 1. The number of aryl methyl sites for hydroxylation is 1. The second-order valence-corrected chi connectivity index (χ2v) is 6.44. The summed E-state index contributed by atoms with van der Waals surface area (Å²) in [6, 6.07) is 0. The van der Waals surface area contributed by atoms with Gasteiger partial charge in [0.05, 0.1) is 12.6 Å². The van der Waals surface area contributed by atoms with Gasteiger partial charge in [-0.25, -0.2) is 18.5 Å². The largest absolute Gasteiger partial charge is 0.376 e. The standard InChI is InChI=1S/C12H21N3O3S/c1-2-5-11-14-12(19(13,16)17)9-15(11)8-10-6-3-4-7-18-10/h9-10H,2-8H2,1H3,(H2,13,16,17). The Morgan fingerprint density at radius 1 is 1.53 bits per heavy atom. The highest BCUT2D eigenvalue weighted by molar-refractivity contribution is 7.89. The third kappa shape index (κ3) is 3.77. The van der Waals surface area contributed by atoms with E-state index >= 15 is 0 Å². The molecule has 6 nitrogen and oxygen atoms in total. The molecule has 0 amide bonds. The minimum Gasteiger partial charge on any atom is -0.376 e. The van der Waals surface area contributed by atoms with Crippen molar-refractivity contribution in [2.45, 2.75) is 56.7 Å². The van der Waals surface area contributed by atoms with E-state index < -0.39 is 10.0 Å². The SMILES string of the molecule is CCCc1nc(S(N)(=O)=O)cn1CC1CCCCO1. The Labute approximate surface area is 114 Å². The third-order valence-electron chi connectivity index (χ3n) is 3.28. The highest BCUT2D eigenvalue weighted by atomic mass is 32.2. The van der Waals surface area contributed by atoms with Crippen molar-refractivity contribution < 1.29 is 13.2 Å². The van der Waals surface area contributed by atoms with Crippen LogP contribution < -0.4 is 5.14 Å². The molecular weight excluding hydrogens is 266 g/mol. The quantitative estimate of drug-likeness (QED) is 0.877. The summed E-state index contributed by atoms with van der Waals surface area (Å²) in [6.07, 6.45) is 6.59. The Bertz CT molecular complexity index is 518. The van der Waals surface area contributed by atoms with Gasteiger partial charge in [0.15, 0.2) is 5.03 Å². The second-order valence-electron chi connectivity index (χ2n) is 4.93. The number of aromatic nitrogens is 2. The van der Waals surface area contributed by atoms with Crippen LogP contribution in [0.15, 0.2) is 11.2 Å². The molecule has 2 N–H and O–H groups in total. The Balaban J connectivity index is 2.19. The maximum Gasteiger partial charge on any atom is 0.257 e. The van der Waals surface area contributed by atoms with E-state index in [1.54, 1.807) is 0 Å². The Morgan fingerprint density at radius 3 is 2.89 bits per heavy atom. The van der Waals surface area contributed by atoms with Crippen LogP contribution >= 0.6 is 0 Å². The molecule has 1 aliphatic heterocycles. The van der Waals surface area contributed by atoms with Crippen molar-refractivity contribution in [2.75, 3.05) is 6.61 Å². The van der Waals surface area contributed by atoms with E-state index in [9.17, 15) is 8.42 Å². The fourth-order valence-electron chi connectivity index (χ4n) is 2.32. The zero-order valence-corrected chi connectivity index (χ0v) is 12.0. The van der Waals surface area contributed by atoms with E-state index in [-0.39, 0.29) is 11.1 Å². The third-order valence-corrected chi connectivity index (χ3v) is 4.06. The first-order valence-electron chi connectivity index (χ1n) is 6.71. The van der Waals surface area contributed by atoms with Crippen molar-refractivity contribution in [3.63, 3.8) is 0 Å². The molecule has 1 fully saturated rings. The normalized spacial score (nSPS) is 20.6. The lowest BCUT2D eigenvalue weighted by atomic mass is 10.1. The second kappa shape index (κ2) is 6.02. The van der Waals surface area contributed by atoms with Gasteiger partial charge in [0.25, 0.3) is 10.0 Å². The van der Waals surface area contributed by atoms with Crippen molar-refractivity contribution >= 4 is 10.0 Å². The molecule has 0 aromatic carbocycles. The number of hydrogen-bond donors (Lipinski definition) is 1. The molecule has 7 heteroatoms. The van der Waals surface area contributed by atoms with Gasteiger partial charge in [0.1, 0.15) is 5.82 Å². The van der Waals surface area contributed by atoms with Gasteiger partial charge in [0.2, 0.25) is 0 Å². The number of nitrogens with zero attached hydrogens (tertiary/aromatic N) is 2. The Morgan fingerprint density at radius 2 is 2.32 bits per heavy atom. The number of imidazole rings is 1. The molecule has 0 aliphatic carbocycles. The highest BCUT2D eigenvalue weighted by Gasteiger charge is 2.20. The predicted octanol–water partition coefficient (Wildman–Crippen LogP) is 1.05. The van der Waals surface area contributed by atoms with Gasteiger partial charge in [-0.15, -0.1) is 0 Å². The van der Waals surface area contributed by atoms with Crippen molar-refractivity contribution in [3.05, 3.63) is 12.0 Å². The van der Waals surface area contributed by atoms with Crippen LogP contribution in [0, 0.1) is 0 Å². The summed E-state index contributed by atoms with van der Waals surface area (Å²) in [5.41, 5.74) is 0. The van der Waals surface area contributed by atoms with E-state index in [0.29, 0.717) is 6.54 Å². The summed E-state index contributed by atoms with van der Waals surface area (Å²) in [5, 5.41) is 5.08. The molecule has 0 radical (unpaired) electrons. The molecule has 1 aromatic heterocycles. The Hall–Kier alpha value is -0.920. The van der Waals surface area contributed by atoms with Crippen LogP contribution in [-0.2, 0) is 27.7 Å². The monoisotopic (exact) mass is 287 g/mol. The molecular formula is C12H21N3O3S. The first kappa shape index (κ1) is 14.5. The summed E-state index contributed by atoms with van der Waals surface area (Å²) >= 11 is 0. The van der Waals surface area contributed by atoms with Gasteiger partial charge in [-0.2, -0.15) is 0 Å². The van der Waals surface area contributed by atoms with E-state index in [4.69, 9.17) is 9.88 Å². The molecule has 0 saturated carbocycles. The van der Waals surface area contributed by atoms with Crippen molar-refractivity contribution in [1.82, 2.24) is 9.55 Å². The van der Waals surface area contributed by atoms with Crippen molar-refractivity contribution in [2.24, 2.45) is 5.14 Å². The molecule has 1 aliphatic rings. The van der Waals surface area contributed by atoms with E-state index in [2.05, 4.69) is 4.98 Å². The minimum absolute atomic E-state index is 0.0493. The topological polar surface area (TPSA) is 87.2 Å². The van der Waals surface area contributed by atoms with Crippen LogP contribution in [0.3, 0.4) is 0 Å². The lowest BCUT2D eigenvalue weighted by Gasteiger charge is -2.23. The molecule has 1 unspecified atom stereocenters. The molecule has 108 valence electrons. The molecule has 0 bridgehead atoms. The average Bonchev–Trinajstić information content (AvgIpc) is 2.74. The summed E-state index contributed by atoms with van der Waals surface area (Å²) < 4.78 is 30.3. The van der Waals surface area contributed by atoms with E-state index in [1.807, 2.05) is 11.5 Å². The van der Waals surface area contributed by atoms with Crippen LogP contribution in [-0.4, -0.2) is 30.7 Å². The average molecular weight is 287 g/mol. The zero-order valence-electron chi connectivity index (χ0n) is 11.2. The van der Waals surface area contributed by atoms with E-state index in [1.165, 1.54) is 6.20 Å². The van der Waals surface area contributed by atoms with Gasteiger partial charge in [-0.3, -0.25) is 0 Å². The summed E-state index contributed by atoms with van der Waals surface area (Å²) in [6.45, 7) is 3.47. The summed E-state index contributed by atoms with van der Waals surface area (Å²) in [5.74, 6) is 0.765. The van der Waals surface area contributed by atoms with Crippen molar-refractivity contribution in [3.8, 4) is 0 Å². The first-order chi connectivity index (χ1) is 9.00. The highest BCUT2D eigenvalue weighted by Crippen LogP contribution is 2.17. The van der Waals surface area contributed by atoms with Gasteiger partial charge < -0.3 is 9.30 Å². The van der Waals surface area contributed by atoms with Gasteiger partial charge >= 0.3 is 0 Å². The smallest absolute Gasteiger partial charge is 0.257 e. The number of sulfonamides is 1. The number of ether oxygens (including phenoxy) is 1. The number of hydrogen-bond acceptors (Lipinski definition) is 4. The van der Waals surface area contributed by atoms with Crippen LogP contribution in [0.4, 0.5) is 0 Å². The molecule has 1 saturated heterocycles. The molecule has 1 aromatic rings. The number of nitrogens with two attached hydrogens (primary N) is 1. The van der Waals surface area contributed by atoms with E-state index in [0.717, 1.165) is 44.5 Å². The fourth-order valence-corrected chi connectivity index (χ4v) is 2.82. The van der Waals surface area contributed by atoms with Crippen LogP contribution in [0.25, 0.3) is 0 Å². The molecule has 19 heavy (non-hydrogen) atoms. The van der Waals surface area contributed by atoms with Crippen molar-refractivity contribution in [1.29, 1.82) is 0 Å². The van der Waals surface area contributed by atoms with Crippen LogP contribution in [0.5, 0.6) is 0 Å². The predicted molar refractivity (Wildman–Crippen MR) is 71.2 cm³/mol. The molecule has 2 heterocycles. The van der Waals surface area contributed by atoms with Crippen LogP contribution in [0.2, 0.25) is 0 Å². The zero-order chi connectivity index (χ0) is 13.9. The Kier molecular flexibility index (Phi) is 4.59. The van der Waals surface area contributed by atoms with Gasteiger partial charge in [0, 0.05) is 19.2 Å². The summed E-state index contributed by atoms with van der Waals surface area (Å²) in [7, 11) is -3.74. The molecule has 0 spiro atoms. The lowest BCUT2D eigenvalue weighted by Crippen LogP contribution is -2.25. The number of rotatable bonds is 5. The first-order valence-corrected chi connectivity index (χ1v) is 8.25. The maximum atomic E-state index is 11.4. The fraction of sp³-hybridized carbons (Fsp3) is 0.750. The summed E-state index contributed by atoms with van der Waals surface area (Å²) in [4.78, 5) is 4.13. The van der Waals surface area contributed by atoms with Crippen LogP contribution in [0.1, 0.15) is 38.4 Å². The molecule has 2 rings (SSSR count). The minimum atomic E-state index is -3.74. The lowest BCUT2D eigenvalue weighted by molar-refractivity contribution is 0.00550. The van der Waals surface area contributed by atoms with Gasteiger partial charge in [-0.05, 0) is 25.7 Å². The van der Waals surface area contributed by atoms with Gasteiger partial charge in [-0.1, -0.05) is 6.92 Å². The molecule has 1 atom stereocenters.